The summed E-state index contributed by atoms with van der Waals surface area (Å²) in [5, 5.41) is 0. The van der Waals surface area contributed by atoms with Crippen LogP contribution in [-0.2, 0) is 0 Å². The Kier molecular flexibility index (Phi) is 5.40. The van der Waals surface area contributed by atoms with Crippen molar-refractivity contribution in [2.45, 2.75) is 41.5 Å². The SMILES string of the molecule is C=[C](Cl)[Ge]([Cl])([c]1c(C)cc(C)cc1C)[c]1c(C)cc(C)cc1C. The third-order valence-electron chi connectivity index (χ3n) is 4.42. The summed E-state index contributed by atoms with van der Waals surface area (Å²) in [6.45, 7) is 16.9. The molecule has 0 spiro atoms. The average Bonchev–Trinajstić information content (AvgIpc) is 2.35. The Balaban J connectivity index is 2.90. The van der Waals surface area contributed by atoms with Crippen molar-refractivity contribution in [1.82, 2.24) is 0 Å². The van der Waals surface area contributed by atoms with Crippen LogP contribution in [0.1, 0.15) is 33.4 Å². The second-order valence-electron chi connectivity index (χ2n) is 6.61. The molecule has 3 heteroatoms. The molecule has 0 saturated carbocycles. The van der Waals surface area contributed by atoms with Gasteiger partial charge in [0, 0.05) is 0 Å². The molecule has 0 nitrogen and oxygen atoms in total. The van der Waals surface area contributed by atoms with E-state index in [0.717, 1.165) is 0 Å². The van der Waals surface area contributed by atoms with Gasteiger partial charge in [-0.05, 0) is 0 Å². The molecule has 122 valence electrons. The van der Waals surface area contributed by atoms with E-state index in [1.165, 1.54) is 42.2 Å². The first-order valence-corrected chi connectivity index (χ1v) is 14.1. The molecule has 0 bridgehead atoms. The number of rotatable bonds is 3. The van der Waals surface area contributed by atoms with Gasteiger partial charge in [0.05, 0.1) is 0 Å². The van der Waals surface area contributed by atoms with Gasteiger partial charge in [-0.3, -0.25) is 0 Å². The number of benzene rings is 2. The van der Waals surface area contributed by atoms with Crippen LogP contribution in [0.2, 0.25) is 0 Å². The van der Waals surface area contributed by atoms with Crippen LogP contribution in [0.3, 0.4) is 0 Å². The van der Waals surface area contributed by atoms with E-state index in [0.29, 0.717) is 3.86 Å². The number of hydrogen-bond acceptors (Lipinski definition) is 0. The molecule has 0 atom stereocenters. The Morgan fingerprint density at radius 1 is 0.739 bits per heavy atom. The van der Waals surface area contributed by atoms with Crippen molar-refractivity contribution in [3.63, 3.8) is 0 Å². The van der Waals surface area contributed by atoms with Crippen LogP contribution < -0.4 is 8.79 Å². The molecule has 0 N–H and O–H groups in total. The molecule has 0 heterocycles. The summed E-state index contributed by atoms with van der Waals surface area (Å²) in [5.41, 5.74) is 7.39. The summed E-state index contributed by atoms with van der Waals surface area (Å²) < 4.78 is 3.08. The fraction of sp³-hybridized carbons (Fsp3) is 0.300. The van der Waals surface area contributed by atoms with Gasteiger partial charge >= 0.3 is 152 Å². The predicted molar refractivity (Wildman–Crippen MR) is 107 cm³/mol. The summed E-state index contributed by atoms with van der Waals surface area (Å²) in [4.78, 5) is 0. The zero-order chi connectivity index (χ0) is 17.5. The van der Waals surface area contributed by atoms with Crippen LogP contribution >= 0.6 is 21.6 Å². The Morgan fingerprint density at radius 3 is 1.22 bits per heavy atom. The van der Waals surface area contributed by atoms with Gasteiger partial charge in [-0.2, -0.15) is 0 Å². The Bertz CT molecular complexity index is 687. The molecule has 0 unspecified atom stereocenters. The minimum atomic E-state index is -3.40. The fourth-order valence-electron chi connectivity index (χ4n) is 3.84. The normalized spacial score (nSPS) is 11.7. The molecule has 0 aliphatic heterocycles. The van der Waals surface area contributed by atoms with E-state index in [-0.39, 0.29) is 0 Å². The van der Waals surface area contributed by atoms with Gasteiger partial charge in [0.1, 0.15) is 0 Å². The molecule has 0 amide bonds. The van der Waals surface area contributed by atoms with Gasteiger partial charge in [0.15, 0.2) is 0 Å². The van der Waals surface area contributed by atoms with Gasteiger partial charge < -0.3 is 0 Å². The zero-order valence-electron chi connectivity index (χ0n) is 14.8. The third kappa shape index (κ3) is 3.27. The van der Waals surface area contributed by atoms with Crippen molar-refractivity contribution in [1.29, 1.82) is 0 Å². The molecule has 0 saturated heterocycles. The van der Waals surface area contributed by atoms with Gasteiger partial charge in [-0.15, -0.1) is 0 Å². The molecular weight excluding hydrogens is 384 g/mol. The molecule has 0 aromatic heterocycles. The zero-order valence-corrected chi connectivity index (χ0v) is 18.4. The summed E-state index contributed by atoms with van der Waals surface area (Å²) in [5.74, 6) is 0. The fourth-order valence-corrected chi connectivity index (χ4v) is 14.8. The van der Waals surface area contributed by atoms with E-state index in [2.05, 4.69) is 72.4 Å². The van der Waals surface area contributed by atoms with Gasteiger partial charge in [-0.25, -0.2) is 0 Å². The average molecular weight is 408 g/mol. The first-order valence-electron chi connectivity index (χ1n) is 7.79. The van der Waals surface area contributed by atoms with Crippen LogP contribution in [0.15, 0.2) is 34.7 Å². The van der Waals surface area contributed by atoms with E-state index >= 15 is 0 Å². The summed E-state index contributed by atoms with van der Waals surface area (Å²) in [6, 6.07) is 8.79. The van der Waals surface area contributed by atoms with Gasteiger partial charge in [0.25, 0.3) is 0 Å². The van der Waals surface area contributed by atoms with Crippen molar-refractivity contribution in [2.24, 2.45) is 0 Å². The molecule has 0 aliphatic carbocycles. The second-order valence-corrected chi connectivity index (χ2v) is 16.8. The predicted octanol–water partition coefficient (Wildman–Crippen LogP) is 5.13. The third-order valence-corrected chi connectivity index (χ3v) is 17.3. The van der Waals surface area contributed by atoms with Crippen molar-refractivity contribution in [2.75, 3.05) is 0 Å². The van der Waals surface area contributed by atoms with Crippen LogP contribution in [-0.4, -0.2) is 12.3 Å². The number of hydrogen-bond donors (Lipinski definition) is 0. The van der Waals surface area contributed by atoms with Crippen molar-refractivity contribution < 1.29 is 0 Å². The summed E-state index contributed by atoms with van der Waals surface area (Å²) in [7, 11) is 7.41. The molecule has 23 heavy (non-hydrogen) atoms. The molecule has 2 rings (SSSR count). The molecule has 2 aromatic rings. The first kappa shape index (κ1) is 18.6. The topological polar surface area (TPSA) is 0 Å². The summed E-state index contributed by atoms with van der Waals surface area (Å²) in [6.07, 6.45) is 0. The number of aryl methyl sites for hydroxylation is 6. The molecule has 0 radical (unpaired) electrons. The standard InChI is InChI=1S/C20H24Cl2Ge/c1-12-8-14(3)19(15(4)9-12)23(22,18(7)21)20-16(5)10-13(2)11-17(20)6/h8-11H,7H2,1-6H3. The van der Waals surface area contributed by atoms with Crippen LogP contribution in [0.4, 0.5) is 0 Å². The van der Waals surface area contributed by atoms with E-state index in [4.69, 9.17) is 21.6 Å². The van der Waals surface area contributed by atoms with E-state index in [1.807, 2.05) is 0 Å². The maximum atomic E-state index is 7.41. The summed E-state index contributed by atoms with van der Waals surface area (Å²) >= 11 is 3.18. The first-order chi connectivity index (χ1) is 10.6. The Labute approximate surface area is 152 Å². The maximum absolute atomic E-state index is 7.41. The molecule has 0 fully saturated rings. The molecule has 2 aromatic carbocycles. The van der Waals surface area contributed by atoms with E-state index < -0.39 is 12.3 Å². The Hall–Kier alpha value is -0.697. The second kappa shape index (κ2) is 6.66. The van der Waals surface area contributed by atoms with Crippen molar-refractivity contribution in [3.05, 3.63) is 68.1 Å². The molecular formula is C20H24Cl2Ge. The van der Waals surface area contributed by atoms with Crippen LogP contribution in [0.5, 0.6) is 0 Å². The van der Waals surface area contributed by atoms with Crippen LogP contribution in [0, 0.1) is 41.5 Å². The monoisotopic (exact) mass is 408 g/mol. The van der Waals surface area contributed by atoms with E-state index in [9.17, 15) is 0 Å². The van der Waals surface area contributed by atoms with Gasteiger partial charge in [0.2, 0.25) is 0 Å². The quantitative estimate of drug-likeness (QED) is 0.619. The molecule has 0 aliphatic rings. The minimum absolute atomic E-state index is 0.622. The van der Waals surface area contributed by atoms with Crippen molar-refractivity contribution >= 4 is 42.7 Å². The Morgan fingerprint density at radius 2 is 1.00 bits per heavy atom. The van der Waals surface area contributed by atoms with Gasteiger partial charge in [-0.1, -0.05) is 0 Å². The van der Waals surface area contributed by atoms with Crippen molar-refractivity contribution in [3.8, 4) is 0 Å². The van der Waals surface area contributed by atoms with E-state index in [1.54, 1.807) is 0 Å². The van der Waals surface area contributed by atoms with Crippen LogP contribution in [0.25, 0.3) is 0 Å². The number of halogens is 2.